The van der Waals surface area contributed by atoms with E-state index in [-0.39, 0.29) is 22.3 Å². The Kier molecular flexibility index (Phi) is 6.07. The van der Waals surface area contributed by atoms with Crippen LogP contribution in [0.5, 0.6) is 5.75 Å². The average Bonchev–Trinajstić information content (AvgIpc) is 3.14. The van der Waals surface area contributed by atoms with Gasteiger partial charge in [-0.25, -0.2) is 4.39 Å². The van der Waals surface area contributed by atoms with Crippen molar-refractivity contribution in [2.24, 2.45) is 0 Å². The number of hydrogen-bond donors (Lipinski definition) is 0. The minimum atomic E-state index is -0.773. The van der Waals surface area contributed by atoms with E-state index in [9.17, 15) is 14.0 Å². The Morgan fingerprint density at radius 3 is 2.54 bits per heavy atom. The highest BCUT2D eigenvalue weighted by atomic mass is 35.5. The molecule has 0 spiro atoms. The van der Waals surface area contributed by atoms with Crippen LogP contribution in [-0.4, -0.2) is 12.5 Å². The summed E-state index contributed by atoms with van der Waals surface area (Å²) in [6.07, 6.45) is 1.97. The van der Waals surface area contributed by atoms with Gasteiger partial charge < -0.3 is 9.15 Å². The van der Waals surface area contributed by atoms with Gasteiger partial charge in [0.25, 0.3) is 5.91 Å². The number of carbonyl (C=O) groups excluding carboxylic acids is 1. The van der Waals surface area contributed by atoms with E-state index in [1.165, 1.54) is 17.0 Å². The number of halogens is 2. The van der Waals surface area contributed by atoms with Gasteiger partial charge in [0.15, 0.2) is 5.43 Å². The first-order chi connectivity index (χ1) is 16.9. The molecule has 5 nitrogen and oxygen atoms in total. The molecule has 7 heteroatoms. The van der Waals surface area contributed by atoms with E-state index < -0.39 is 23.2 Å². The van der Waals surface area contributed by atoms with Crippen LogP contribution in [0.3, 0.4) is 0 Å². The number of amides is 1. The van der Waals surface area contributed by atoms with Gasteiger partial charge in [-0.05, 0) is 66.9 Å². The minimum Gasteiger partial charge on any atom is -0.494 e. The Morgan fingerprint density at radius 1 is 1.06 bits per heavy atom. The highest BCUT2D eigenvalue weighted by Crippen LogP contribution is 2.42. The molecule has 1 aromatic heterocycles. The number of hydrogen-bond acceptors (Lipinski definition) is 4. The van der Waals surface area contributed by atoms with Crippen molar-refractivity contribution < 1.29 is 18.3 Å². The third-order valence-corrected chi connectivity index (χ3v) is 6.64. The number of rotatable bonds is 6. The molecule has 2 heterocycles. The highest BCUT2D eigenvalue weighted by Gasteiger charge is 2.43. The van der Waals surface area contributed by atoms with Gasteiger partial charge in [-0.3, -0.25) is 14.5 Å². The SMILES string of the molecule is CCCCOc1ccc(C2c3c(oc4ccc(F)cc4c3=O)C(=O)N2c2ccc(C)c(Cl)c2)cc1. The maximum absolute atomic E-state index is 14.0. The summed E-state index contributed by atoms with van der Waals surface area (Å²) in [5, 5.41) is 0.584. The lowest BCUT2D eigenvalue weighted by Gasteiger charge is -2.26. The third kappa shape index (κ3) is 4.08. The van der Waals surface area contributed by atoms with E-state index in [4.69, 9.17) is 20.8 Å². The average molecular weight is 492 g/mol. The smallest absolute Gasteiger partial charge is 0.295 e. The van der Waals surface area contributed by atoms with Crippen molar-refractivity contribution in [2.75, 3.05) is 11.5 Å². The molecule has 35 heavy (non-hydrogen) atoms. The zero-order valence-electron chi connectivity index (χ0n) is 19.3. The predicted molar refractivity (Wildman–Crippen MR) is 134 cm³/mol. The number of aryl methyl sites for hydroxylation is 1. The number of unbranched alkanes of at least 4 members (excludes halogenated alkanes) is 1. The van der Waals surface area contributed by atoms with Crippen LogP contribution in [0, 0.1) is 12.7 Å². The maximum Gasteiger partial charge on any atom is 0.295 e. The first kappa shape index (κ1) is 23.1. The lowest BCUT2D eigenvalue weighted by molar-refractivity contribution is 0.0971. The van der Waals surface area contributed by atoms with Crippen LogP contribution in [0.15, 0.2) is 69.9 Å². The zero-order valence-corrected chi connectivity index (χ0v) is 20.1. The summed E-state index contributed by atoms with van der Waals surface area (Å²) >= 11 is 6.38. The van der Waals surface area contributed by atoms with E-state index in [1.807, 2.05) is 37.3 Å². The summed E-state index contributed by atoms with van der Waals surface area (Å²) in [6, 6.07) is 15.5. The Morgan fingerprint density at radius 2 is 1.83 bits per heavy atom. The summed E-state index contributed by atoms with van der Waals surface area (Å²) in [4.78, 5) is 28.7. The summed E-state index contributed by atoms with van der Waals surface area (Å²) in [7, 11) is 0. The first-order valence-electron chi connectivity index (χ1n) is 11.5. The molecule has 1 unspecified atom stereocenters. The lowest BCUT2D eigenvalue weighted by Crippen LogP contribution is -2.29. The molecule has 0 N–H and O–H groups in total. The van der Waals surface area contributed by atoms with E-state index in [0.29, 0.717) is 28.6 Å². The molecule has 0 aliphatic carbocycles. The van der Waals surface area contributed by atoms with Gasteiger partial charge in [0.05, 0.1) is 23.6 Å². The number of carbonyl (C=O) groups is 1. The topological polar surface area (TPSA) is 59.8 Å². The number of benzene rings is 3. The fraction of sp³-hybridized carbons (Fsp3) is 0.214. The molecule has 0 fully saturated rings. The van der Waals surface area contributed by atoms with Crippen molar-refractivity contribution in [3.63, 3.8) is 0 Å². The van der Waals surface area contributed by atoms with Gasteiger partial charge in [0.2, 0.25) is 5.76 Å². The first-order valence-corrected chi connectivity index (χ1v) is 11.9. The molecular weight excluding hydrogens is 469 g/mol. The molecular formula is C28H23ClFNO4. The Bertz CT molecular complexity index is 1500. The molecule has 0 bridgehead atoms. The molecule has 4 aromatic rings. The Labute approximate surface area is 206 Å². The van der Waals surface area contributed by atoms with Gasteiger partial charge in [-0.1, -0.05) is 43.1 Å². The summed E-state index contributed by atoms with van der Waals surface area (Å²) in [5.74, 6) is -0.374. The molecule has 1 aliphatic rings. The van der Waals surface area contributed by atoms with E-state index in [0.717, 1.165) is 24.5 Å². The second-order valence-electron chi connectivity index (χ2n) is 8.60. The zero-order chi connectivity index (χ0) is 24.7. The Balaban J connectivity index is 1.68. The van der Waals surface area contributed by atoms with Crippen LogP contribution in [0.1, 0.15) is 53.1 Å². The van der Waals surface area contributed by atoms with E-state index in [1.54, 1.807) is 12.1 Å². The molecule has 3 aromatic carbocycles. The van der Waals surface area contributed by atoms with Crippen molar-refractivity contribution in [2.45, 2.75) is 32.7 Å². The molecule has 0 saturated heterocycles. The monoisotopic (exact) mass is 491 g/mol. The molecule has 1 atom stereocenters. The largest absolute Gasteiger partial charge is 0.494 e. The number of ether oxygens (including phenoxy) is 1. The summed E-state index contributed by atoms with van der Waals surface area (Å²) < 4.78 is 25.6. The third-order valence-electron chi connectivity index (χ3n) is 6.23. The van der Waals surface area contributed by atoms with Crippen molar-refractivity contribution in [1.29, 1.82) is 0 Å². The van der Waals surface area contributed by atoms with E-state index >= 15 is 0 Å². The fourth-order valence-corrected chi connectivity index (χ4v) is 4.51. The summed E-state index contributed by atoms with van der Waals surface area (Å²) in [6.45, 7) is 4.57. The number of nitrogens with zero attached hydrogens (tertiary/aromatic N) is 1. The highest BCUT2D eigenvalue weighted by molar-refractivity contribution is 6.31. The van der Waals surface area contributed by atoms with Crippen LogP contribution in [0.2, 0.25) is 5.02 Å². The summed E-state index contributed by atoms with van der Waals surface area (Å²) in [5.41, 5.74) is 1.97. The second kappa shape index (κ2) is 9.19. The van der Waals surface area contributed by atoms with Crippen LogP contribution < -0.4 is 15.1 Å². The van der Waals surface area contributed by atoms with E-state index in [2.05, 4.69) is 6.92 Å². The van der Waals surface area contributed by atoms with Crippen LogP contribution in [-0.2, 0) is 0 Å². The second-order valence-corrected chi connectivity index (χ2v) is 9.00. The van der Waals surface area contributed by atoms with Gasteiger partial charge in [0.1, 0.15) is 17.1 Å². The molecule has 1 aliphatic heterocycles. The molecule has 178 valence electrons. The van der Waals surface area contributed by atoms with Gasteiger partial charge in [-0.15, -0.1) is 0 Å². The molecule has 5 rings (SSSR count). The fourth-order valence-electron chi connectivity index (χ4n) is 4.34. The van der Waals surface area contributed by atoms with Crippen LogP contribution >= 0.6 is 11.6 Å². The maximum atomic E-state index is 14.0. The van der Waals surface area contributed by atoms with Crippen molar-refractivity contribution >= 4 is 34.2 Å². The van der Waals surface area contributed by atoms with Gasteiger partial charge in [-0.2, -0.15) is 0 Å². The minimum absolute atomic E-state index is 0.0564. The normalized spacial score (nSPS) is 15.0. The number of fused-ring (bicyclic) bond motifs is 2. The standard InChI is InChI=1S/C28H23ClFNO4/c1-3-4-13-34-20-10-6-17(7-11-20)25-24-26(32)21-14-18(30)8-12-23(21)35-27(24)28(33)31(25)19-9-5-16(2)22(29)15-19/h5-12,14-15,25H,3-4,13H2,1-2H3. The van der Waals surface area contributed by atoms with Crippen molar-refractivity contribution in [3.05, 3.63) is 104 Å². The molecule has 0 saturated carbocycles. The molecule has 0 radical (unpaired) electrons. The van der Waals surface area contributed by atoms with Gasteiger partial charge in [0, 0.05) is 10.7 Å². The Hall–Kier alpha value is -3.64. The van der Waals surface area contributed by atoms with Crippen molar-refractivity contribution in [1.82, 2.24) is 0 Å². The molecule has 1 amide bonds. The van der Waals surface area contributed by atoms with Crippen molar-refractivity contribution in [3.8, 4) is 5.75 Å². The van der Waals surface area contributed by atoms with Gasteiger partial charge >= 0.3 is 0 Å². The van der Waals surface area contributed by atoms with Crippen LogP contribution in [0.25, 0.3) is 11.0 Å². The lowest BCUT2D eigenvalue weighted by atomic mass is 9.98. The number of anilines is 1. The quantitative estimate of drug-likeness (QED) is 0.277. The predicted octanol–water partition coefficient (Wildman–Crippen LogP) is 6.82. The van der Waals surface area contributed by atoms with Crippen LogP contribution in [0.4, 0.5) is 10.1 Å².